The molecule has 2 heterocycles. The summed E-state index contributed by atoms with van der Waals surface area (Å²) in [6, 6.07) is 10.8. The number of aryl methyl sites for hydroxylation is 1. The van der Waals surface area contributed by atoms with Gasteiger partial charge in [-0.1, -0.05) is 42.5 Å². The Morgan fingerprint density at radius 1 is 1.25 bits per heavy atom. The lowest BCUT2D eigenvalue weighted by Crippen LogP contribution is -2.14. The van der Waals surface area contributed by atoms with Crippen LogP contribution in [0.2, 0.25) is 0 Å². The molecule has 4 nitrogen and oxygen atoms in total. The SMILES string of the molecule is CCCn1cc(C[C@@H]2CNC[C@H]2c2ccccc2)nn1. The lowest BCUT2D eigenvalue weighted by molar-refractivity contribution is 0.510. The van der Waals surface area contributed by atoms with E-state index < -0.39 is 0 Å². The van der Waals surface area contributed by atoms with Gasteiger partial charge in [-0.25, -0.2) is 0 Å². The van der Waals surface area contributed by atoms with Gasteiger partial charge in [-0.05, 0) is 30.9 Å². The van der Waals surface area contributed by atoms with Gasteiger partial charge >= 0.3 is 0 Å². The molecule has 1 fully saturated rings. The van der Waals surface area contributed by atoms with Crippen LogP contribution in [-0.4, -0.2) is 28.1 Å². The maximum Gasteiger partial charge on any atom is 0.0830 e. The highest BCUT2D eigenvalue weighted by molar-refractivity contribution is 5.22. The maximum absolute atomic E-state index is 4.31. The number of nitrogens with zero attached hydrogens (tertiary/aromatic N) is 3. The zero-order chi connectivity index (χ0) is 13.8. The minimum atomic E-state index is 0.590. The van der Waals surface area contributed by atoms with Gasteiger partial charge in [-0.3, -0.25) is 4.68 Å². The van der Waals surface area contributed by atoms with Crippen molar-refractivity contribution in [3.63, 3.8) is 0 Å². The lowest BCUT2D eigenvalue weighted by Gasteiger charge is -2.17. The molecule has 4 heteroatoms. The number of benzene rings is 1. The van der Waals surface area contributed by atoms with E-state index >= 15 is 0 Å². The van der Waals surface area contributed by atoms with Crippen molar-refractivity contribution in [2.24, 2.45) is 5.92 Å². The summed E-state index contributed by atoms with van der Waals surface area (Å²) >= 11 is 0. The van der Waals surface area contributed by atoms with E-state index in [4.69, 9.17) is 0 Å². The smallest absolute Gasteiger partial charge is 0.0830 e. The topological polar surface area (TPSA) is 42.7 Å². The van der Waals surface area contributed by atoms with Gasteiger partial charge in [-0.15, -0.1) is 5.10 Å². The van der Waals surface area contributed by atoms with E-state index in [-0.39, 0.29) is 0 Å². The molecule has 1 N–H and O–H groups in total. The first-order chi connectivity index (χ1) is 9.86. The standard InChI is InChI=1S/C16H22N4/c1-2-8-20-12-15(18-19-20)9-14-10-17-11-16(14)13-6-4-3-5-7-13/h3-7,12,14,16-17H,2,8-11H2,1H3/t14-,16+/m1/s1. The summed E-state index contributed by atoms with van der Waals surface area (Å²) in [6.45, 7) is 5.25. The van der Waals surface area contributed by atoms with Gasteiger partial charge in [0.25, 0.3) is 0 Å². The number of hydrogen-bond donors (Lipinski definition) is 1. The number of rotatable bonds is 5. The maximum atomic E-state index is 4.31. The van der Waals surface area contributed by atoms with Crippen molar-refractivity contribution in [1.82, 2.24) is 20.3 Å². The van der Waals surface area contributed by atoms with Crippen molar-refractivity contribution in [2.75, 3.05) is 13.1 Å². The van der Waals surface area contributed by atoms with Gasteiger partial charge in [0.05, 0.1) is 5.69 Å². The van der Waals surface area contributed by atoms with E-state index in [1.165, 1.54) is 5.56 Å². The molecule has 1 aliphatic heterocycles. The van der Waals surface area contributed by atoms with Gasteiger partial charge in [-0.2, -0.15) is 0 Å². The molecule has 1 aliphatic rings. The van der Waals surface area contributed by atoms with Gasteiger partial charge in [0, 0.05) is 25.2 Å². The minimum Gasteiger partial charge on any atom is -0.316 e. The molecule has 2 aromatic rings. The van der Waals surface area contributed by atoms with Crippen molar-refractivity contribution in [3.05, 3.63) is 47.8 Å². The molecule has 3 rings (SSSR count). The average Bonchev–Trinajstić information content (AvgIpc) is 3.10. The molecule has 0 unspecified atom stereocenters. The Labute approximate surface area is 120 Å². The van der Waals surface area contributed by atoms with Crippen LogP contribution in [0.5, 0.6) is 0 Å². The molecule has 2 atom stereocenters. The molecule has 0 saturated carbocycles. The van der Waals surface area contributed by atoms with Gasteiger partial charge in [0.15, 0.2) is 0 Å². The lowest BCUT2D eigenvalue weighted by atomic mass is 9.86. The number of nitrogens with one attached hydrogen (secondary N) is 1. The highest BCUT2D eigenvalue weighted by atomic mass is 15.4. The second-order valence-electron chi connectivity index (χ2n) is 5.61. The van der Waals surface area contributed by atoms with Crippen molar-refractivity contribution in [3.8, 4) is 0 Å². The van der Waals surface area contributed by atoms with Crippen LogP contribution in [0, 0.1) is 5.92 Å². The zero-order valence-electron chi connectivity index (χ0n) is 12.0. The van der Waals surface area contributed by atoms with Gasteiger partial charge < -0.3 is 5.32 Å². The molecular formula is C16H22N4. The molecule has 1 aromatic heterocycles. The van der Waals surface area contributed by atoms with Crippen molar-refractivity contribution >= 4 is 0 Å². The Bertz CT molecular complexity index is 534. The number of aromatic nitrogens is 3. The summed E-state index contributed by atoms with van der Waals surface area (Å²) < 4.78 is 1.95. The fraction of sp³-hybridized carbons (Fsp3) is 0.500. The van der Waals surface area contributed by atoms with E-state index in [0.29, 0.717) is 11.8 Å². The Morgan fingerprint density at radius 2 is 2.10 bits per heavy atom. The summed E-state index contributed by atoms with van der Waals surface area (Å²) in [5, 5.41) is 12.0. The number of hydrogen-bond acceptors (Lipinski definition) is 3. The van der Waals surface area contributed by atoms with Crippen LogP contribution >= 0.6 is 0 Å². The molecule has 0 spiro atoms. The van der Waals surface area contributed by atoms with Crippen molar-refractivity contribution in [2.45, 2.75) is 32.2 Å². The highest BCUT2D eigenvalue weighted by Crippen LogP contribution is 2.30. The average molecular weight is 270 g/mol. The van der Waals surface area contributed by atoms with E-state index in [0.717, 1.165) is 38.2 Å². The Balaban J connectivity index is 1.69. The van der Waals surface area contributed by atoms with Crippen LogP contribution in [0.1, 0.15) is 30.5 Å². The van der Waals surface area contributed by atoms with Crippen molar-refractivity contribution in [1.29, 1.82) is 0 Å². The normalized spacial score (nSPS) is 22.2. The molecule has 1 aromatic carbocycles. The zero-order valence-corrected chi connectivity index (χ0v) is 12.0. The quantitative estimate of drug-likeness (QED) is 0.906. The van der Waals surface area contributed by atoms with E-state index in [2.05, 4.69) is 59.1 Å². The van der Waals surface area contributed by atoms with Crippen LogP contribution in [-0.2, 0) is 13.0 Å². The molecule has 0 aliphatic carbocycles. The van der Waals surface area contributed by atoms with Gasteiger partial charge in [0.1, 0.15) is 0 Å². The fourth-order valence-corrected chi connectivity index (χ4v) is 3.08. The molecule has 0 amide bonds. The molecule has 0 bridgehead atoms. The monoisotopic (exact) mass is 270 g/mol. The third-order valence-corrected chi connectivity index (χ3v) is 4.08. The van der Waals surface area contributed by atoms with Crippen molar-refractivity contribution < 1.29 is 0 Å². The predicted octanol–water partition coefficient (Wildman–Crippen LogP) is 2.23. The third-order valence-electron chi connectivity index (χ3n) is 4.08. The second kappa shape index (κ2) is 6.18. The largest absolute Gasteiger partial charge is 0.316 e. The Morgan fingerprint density at radius 3 is 2.90 bits per heavy atom. The van der Waals surface area contributed by atoms with E-state index in [1.54, 1.807) is 0 Å². The molecule has 0 radical (unpaired) electrons. The summed E-state index contributed by atoms with van der Waals surface area (Å²) in [5.41, 5.74) is 2.55. The molecule has 20 heavy (non-hydrogen) atoms. The van der Waals surface area contributed by atoms with E-state index in [9.17, 15) is 0 Å². The Kier molecular flexibility index (Phi) is 4.11. The minimum absolute atomic E-state index is 0.590. The van der Waals surface area contributed by atoms with Gasteiger partial charge in [0.2, 0.25) is 0 Å². The first-order valence-electron chi connectivity index (χ1n) is 7.51. The van der Waals surface area contributed by atoms with Crippen LogP contribution in [0.3, 0.4) is 0 Å². The van der Waals surface area contributed by atoms with E-state index in [1.807, 2.05) is 4.68 Å². The van der Waals surface area contributed by atoms with Crippen LogP contribution in [0.15, 0.2) is 36.5 Å². The summed E-state index contributed by atoms with van der Waals surface area (Å²) in [5.74, 6) is 1.21. The second-order valence-corrected chi connectivity index (χ2v) is 5.61. The van der Waals surface area contributed by atoms with Crippen LogP contribution in [0.25, 0.3) is 0 Å². The summed E-state index contributed by atoms with van der Waals surface area (Å²) in [7, 11) is 0. The first kappa shape index (κ1) is 13.3. The molecular weight excluding hydrogens is 248 g/mol. The summed E-state index contributed by atoms with van der Waals surface area (Å²) in [4.78, 5) is 0. The first-order valence-corrected chi connectivity index (χ1v) is 7.51. The fourth-order valence-electron chi connectivity index (χ4n) is 3.08. The third kappa shape index (κ3) is 2.90. The van der Waals surface area contributed by atoms with Crippen LogP contribution < -0.4 is 5.32 Å². The van der Waals surface area contributed by atoms with Crippen LogP contribution in [0.4, 0.5) is 0 Å². The summed E-state index contributed by atoms with van der Waals surface area (Å²) in [6.07, 6.45) is 4.21. The predicted molar refractivity (Wildman–Crippen MR) is 79.6 cm³/mol. The Hall–Kier alpha value is -1.68. The highest BCUT2D eigenvalue weighted by Gasteiger charge is 2.29. The molecule has 1 saturated heterocycles. The molecule has 106 valence electrons.